The molecule has 36 heavy (non-hydrogen) atoms. The standard InChI is InChI=1S/C18H15N.C15H16N.Ir/c1-14-10-11-16(15-7-3-2-4-8-15)13-17(14)18-9-5-6-12-19-18;1-12(2)11-14-9-6-10-15(16-14)13-7-4-3-5-8-13;/h2-13H,1H3;3-7,9-10,12H,11H2,1-2H3;/q;-1;. The molecule has 0 saturated heterocycles. The minimum Gasteiger partial charge on any atom is -0.301 e. The maximum Gasteiger partial charge on any atom is 0.0704 e. The zero-order valence-electron chi connectivity index (χ0n) is 21.0. The summed E-state index contributed by atoms with van der Waals surface area (Å²) >= 11 is 0. The molecule has 0 unspecified atom stereocenters. The van der Waals surface area contributed by atoms with Crippen molar-refractivity contribution in [3.63, 3.8) is 0 Å². The Kier molecular flexibility index (Phi) is 10.3. The van der Waals surface area contributed by atoms with Gasteiger partial charge in [0.15, 0.2) is 0 Å². The Balaban J connectivity index is 0.000000198. The SMILES string of the molecule is CC(C)Cc1cccc(-c2[c-]cccc2)n1.Cc1ccc(-c2ccccc2)cc1-c1ccccn1.[Ir]. The fourth-order valence-corrected chi connectivity index (χ4v) is 3.94. The van der Waals surface area contributed by atoms with Crippen molar-refractivity contribution in [3.05, 3.63) is 133 Å². The van der Waals surface area contributed by atoms with Crippen LogP contribution in [0.5, 0.6) is 0 Å². The van der Waals surface area contributed by atoms with E-state index in [0.717, 1.165) is 29.1 Å². The summed E-state index contributed by atoms with van der Waals surface area (Å²) in [5.74, 6) is 0.641. The number of nitrogens with zero attached hydrogens (tertiary/aromatic N) is 2. The van der Waals surface area contributed by atoms with Crippen molar-refractivity contribution >= 4 is 0 Å². The van der Waals surface area contributed by atoms with Gasteiger partial charge in [-0.25, -0.2) is 0 Å². The summed E-state index contributed by atoms with van der Waals surface area (Å²) in [5, 5.41) is 0. The monoisotopic (exact) mass is 648 g/mol. The van der Waals surface area contributed by atoms with Crippen molar-refractivity contribution in [2.75, 3.05) is 0 Å². The van der Waals surface area contributed by atoms with Gasteiger partial charge in [0.2, 0.25) is 0 Å². The Bertz CT molecular complexity index is 1330. The molecule has 0 aliphatic heterocycles. The molecule has 0 N–H and O–H groups in total. The molecule has 0 aliphatic rings. The van der Waals surface area contributed by atoms with Crippen LogP contribution < -0.4 is 0 Å². The molecule has 0 amide bonds. The topological polar surface area (TPSA) is 25.8 Å². The minimum atomic E-state index is 0. The van der Waals surface area contributed by atoms with Gasteiger partial charge in [-0.2, -0.15) is 0 Å². The summed E-state index contributed by atoms with van der Waals surface area (Å²) in [6, 6.07) is 40.3. The Morgan fingerprint density at radius 2 is 1.47 bits per heavy atom. The first kappa shape index (κ1) is 27.2. The van der Waals surface area contributed by atoms with Crippen LogP contribution in [0, 0.1) is 18.9 Å². The largest absolute Gasteiger partial charge is 0.301 e. The summed E-state index contributed by atoms with van der Waals surface area (Å²) in [6.45, 7) is 6.55. The Morgan fingerprint density at radius 1 is 0.722 bits per heavy atom. The van der Waals surface area contributed by atoms with E-state index in [1.165, 1.54) is 22.3 Å². The number of rotatable bonds is 5. The number of aromatic nitrogens is 2. The molecule has 0 bridgehead atoms. The number of aryl methyl sites for hydroxylation is 1. The van der Waals surface area contributed by atoms with Gasteiger partial charge in [-0.1, -0.05) is 74.5 Å². The van der Waals surface area contributed by atoms with Crippen molar-refractivity contribution in [1.82, 2.24) is 9.97 Å². The average Bonchev–Trinajstić information content (AvgIpc) is 2.91. The van der Waals surface area contributed by atoms with Crippen LogP contribution in [-0.2, 0) is 26.5 Å². The second kappa shape index (κ2) is 13.6. The zero-order chi connectivity index (χ0) is 24.5. The third kappa shape index (κ3) is 7.55. The predicted octanol–water partition coefficient (Wildman–Crippen LogP) is 8.47. The fourth-order valence-electron chi connectivity index (χ4n) is 3.94. The van der Waals surface area contributed by atoms with Crippen LogP contribution in [0.25, 0.3) is 33.6 Å². The van der Waals surface area contributed by atoms with Crippen LogP contribution in [0.3, 0.4) is 0 Å². The van der Waals surface area contributed by atoms with Crippen LogP contribution in [0.15, 0.2) is 115 Å². The van der Waals surface area contributed by atoms with Gasteiger partial charge >= 0.3 is 0 Å². The molecule has 0 aliphatic carbocycles. The van der Waals surface area contributed by atoms with E-state index in [2.05, 4.69) is 97.5 Å². The molecule has 0 spiro atoms. The van der Waals surface area contributed by atoms with Gasteiger partial charge in [0.05, 0.1) is 5.69 Å². The smallest absolute Gasteiger partial charge is 0.0704 e. The van der Waals surface area contributed by atoms with Crippen LogP contribution in [0.2, 0.25) is 0 Å². The summed E-state index contributed by atoms with van der Waals surface area (Å²) < 4.78 is 0. The Morgan fingerprint density at radius 3 is 2.17 bits per heavy atom. The molecule has 2 heterocycles. The first-order chi connectivity index (χ1) is 17.1. The summed E-state index contributed by atoms with van der Waals surface area (Å²) in [4.78, 5) is 9.10. The number of benzene rings is 3. The Labute approximate surface area is 228 Å². The summed E-state index contributed by atoms with van der Waals surface area (Å²) in [5.41, 5.74) is 9.17. The van der Waals surface area contributed by atoms with E-state index >= 15 is 0 Å². The molecular formula is C33H31IrN2-. The fraction of sp³-hybridized carbons (Fsp3) is 0.152. The molecule has 0 atom stereocenters. The third-order valence-electron chi connectivity index (χ3n) is 5.69. The molecule has 0 saturated carbocycles. The van der Waals surface area contributed by atoms with Crippen molar-refractivity contribution < 1.29 is 20.1 Å². The second-order valence-corrected chi connectivity index (χ2v) is 9.00. The van der Waals surface area contributed by atoms with E-state index in [1.54, 1.807) is 0 Å². The van der Waals surface area contributed by atoms with Crippen LogP contribution in [-0.4, -0.2) is 9.97 Å². The maximum absolute atomic E-state index is 4.65. The van der Waals surface area contributed by atoms with E-state index < -0.39 is 0 Å². The van der Waals surface area contributed by atoms with Gasteiger partial charge in [-0.05, 0) is 65.9 Å². The van der Waals surface area contributed by atoms with E-state index in [4.69, 9.17) is 0 Å². The number of hydrogen-bond donors (Lipinski definition) is 0. The minimum absolute atomic E-state index is 0. The van der Waals surface area contributed by atoms with Gasteiger partial charge in [0, 0.05) is 37.6 Å². The molecule has 3 heteroatoms. The normalized spacial score (nSPS) is 10.2. The van der Waals surface area contributed by atoms with Gasteiger partial charge in [-0.3, -0.25) is 4.98 Å². The molecule has 2 aromatic heterocycles. The molecule has 5 rings (SSSR count). The third-order valence-corrected chi connectivity index (χ3v) is 5.69. The van der Waals surface area contributed by atoms with Crippen molar-refractivity contribution in [2.24, 2.45) is 5.92 Å². The maximum atomic E-state index is 4.65. The van der Waals surface area contributed by atoms with E-state index in [9.17, 15) is 0 Å². The molecule has 5 aromatic rings. The number of pyridine rings is 2. The zero-order valence-corrected chi connectivity index (χ0v) is 23.4. The predicted molar refractivity (Wildman–Crippen MR) is 147 cm³/mol. The second-order valence-electron chi connectivity index (χ2n) is 9.00. The van der Waals surface area contributed by atoms with E-state index in [0.29, 0.717) is 5.92 Å². The van der Waals surface area contributed by atoms with Gasteiger partial charge in [-0.15, -0.1) is 35.9 Å². The van der Waals surface area contributed by atoms with Crippen LogP contribution in [0.4, 0.5) is 0 Å². The molecule has 3 aromatic carbocycles. The van der Waals surface area contributed by atoms with E-state index in [1.807, 2.05) is 54.7 Å². The van der Waals surface area contributed by atoms with Gasteiger partial charge in [0.1, 0.15) is 0 Å². The summed E-state index contributed by atoms with van der Waals surface area (Å²) in [7, 11) is 0. The van der Waals surface area contributed by atoms with Gasteiger partial charge in [0.25, 0.3) is 0 Å². The van der Waals surface area contributed by atoms with Crippen LogP contribution in [0.1, 0.15) is 25.1 Å². The van der Waals surface area contributed by atoms with Crippen molar-refractivity contribution in [1.29, 1.82) is 0 Å². The molecular weight excluding hydrogens is 617 g/mol. The van der Waals surface area contributed by atoms with Crippen molar-refractivity contribution in [2.45, 2.75) is 27.2 Å². The molecule has 183 valence electrons. The van der Waals surface area contributed by atoms with Crippen molar-refractivity contribution in [3.8, 4) is 33.6 Å². The quantitative estimate of drug-likeness (QED) is 0.179. The Hall–Kier alpha value is -3.39. The molecule has 1 radical (unpaired) electrons. The number of hydrogen-bond acceptors (Lipinski definition) is 2. The molecule has 0 fully saturated rings. The van der Waals surface area contributed by atoms with Gasteiger partial charge < -0.3 is 4.98 Å². The summed E-state index contributed by atoms with van der Waals surface area (Å²) in [6.07, 6.45) is 2.87. The first-order valence-corrected chi connectivity index (χ1v) is 12.1. The molecule has 2 nitrogen and oxygen atoms in total. The first-order valence-electron chi connectivity index (χ1n) is 12.1. The average molecular weight is 648 g/mol. The van der Waals surface area contributed by atoms with E-state index in [-0.39, 0.29) is 20.1 Å². The van der Waals surface area contributed by atoms with Crippen LogP contribution >= 0.6 is 0 Å².